The van der Waals surface area contributed by atoms with Crippen LogP contribution in [0.1, 0.15) is 23.2 Å². The van der Waals surface area contributed by atoms with E-state index in [2.05, 4.69) is 9.98 Å². The van der Waals surface area contributed by atoms with Crippen molar-refractivity contribution in [3.63, 3.8) is 0 Å². The van der Waals surface area contributed by atoms with Crippen LogP contribution >= 0.6 is 0 Å². The molecule has 0 fully saturated rings. The lowest BCUT2D eigenvalue weighted by Crippen LogP contribution is -2.14. The molecule has 0 aliphatic carbocycles. The second kappa shape index (κ2) is 4.84. The highest BCUT2D eigenvalue weighted by Gasteiger charge is 2.36. The van der Waals surface area contributed by atoms with E-state index >= 15 is 0 Å². The van der Waals surface area contributed by atoms with Crippen molar-refractivity contribution in [1.82, 2.24) is 9.38 Å². The highest BCUT2D eigenvalue weighted by Crippen LogP contribution is 2.32. The number of benzene rings is 1. The summed E-state index contributed by atoms with van der Waals surface area (Å²) >= 11 is 0. The molecule has 1 aliphatic rings. The lowest BCUT2D eigenvalue weighted by atomic mass is 10.1. The van der Waals surface area contributed by atoms with E-state index in [0.29, 0.717) is 16.8 Å². The number of ether oxygens (including phenoxy) is 1. The molecule has 1 aromatic carbocycles. The third kappa shape index (κ3) is 2.34. The highest BCUT2D eigenvalue weighted by atomic mass is 19.4. The molecule has 4 nitrogen and oxygen atoms in total. The number of alkyl halides is 3. The molecule has 1 atom stereocenters. The summed E-state index contributed by atoms with van der Waals surface area (Å²) in [5.41, 5.74) is 1.72. The molecule has 0 amide bonds. The Balaban J connectivity index is 1.76. The van der Waals surface area contributed by atoms with Crippen molar-refractivity contribution in [2.24, 2.45) is 4.99 Å². The average molecular weight is 317 g/mol. The first-order valence-corrected chi connectivity index (χ1v) is 6.85. The summed E-state index contributed by atoms with van der Waals surface area (Å²) < 4.78 is 45.7. The quantitative estimate of drug-likeness (QED) is 0.683. The van der Waals surface area contributed by atoms with E-state index in [1.54, 1.807) is 24.4 Å². The van der Waals surface area contributed by atoms with Crippen molar-refractivity contribution in [1.29, 1.82) is 0 Å². The zero-order valence-electron chi connectivity index (χ0n) is 11.7. The van der Waals surface area contributed by atoms with Crippen LogP contribution in [0, 0.1) is 0 Å². The number of nitrogens with zero attached hydrogens (tertiary/aromatic N) is 3. The molecule has 0 N–H and O–H groups in total. The summed E-state index contributed by atoms with van der Waals surface area (Å²) in [5, 5.41) is 0. The fourth-order valence-electron chi connectivity index (χ4n) is 2.51. The number of aliphatic imine (C=N–C) groups is 1. The third-order valence-corrected chi connectivity index (χ3v) is 3.60. The van der Waals surface area contributed by atoms with Gasteiger partial charge in [0.05, 0.1) is 11.7 Å². The number of imidazole rings is 1. The van der Waals surface area contributed by atoms with Crippen LogP contribution in [0.5, 0.6) is 5.75 Å². The first kappa shape index (κ1) is 13.8. The summed E-state index contributed by atoms with van der Waals surface area (Å²) in [6.07, 6.45) is -0.994. The minimum absolute atomic E-state index is 0.362. The molecule has 0 bridgehead atoms. The van der Waals surface area contributed by atoms with E-state index in [1.807, 2.05) is 18.2 Å². The molecule has 0 radical (unpaired) electrons. The molecular weight excluding hydrogens is 307 g/mol. The van der Waals surface area contributed by atoms with Crippen molar-refractivity contribution in [3.8, 4) is 5.75 Å². The zero-order valence-corrected chi connectivity index (χ0v) is 11.7. The molecule has 0 spiro atoms. The molecule has 23 heavy (non-hydrogen) atoms. The summed E-state index contributed by atoms with van der Waals surface area (Å²) in [5.74, 6) is -0.316. The minimum atomic E-state index is -4.52. The van der Waals surface area contributed by atoms with Crippen molar-refractivity contribution in [2.45, 2.75) is 12.4 Å². The molecule has 0 saturated heterocycles. The van der Waals surface area contributed by atoms with Crippen molar-refractivity contribution < 1.29 is 17.9 Å². The molecule has 3 heterocycles. The molecule has 3 aromatic rings. The third-order valence-electron chi connectivity index (χ3n) is 3.60. The van der Waals surface area contributed by atoms with Gasteiger partial charge in [0.1, 0.15) is 5.75 Å². The van der Waals surface area contributed by atoms with E-state index in [4.69, 9.17) is 4.74 Å². The Kier molecular flexibility index (Phi) is 2.90. The van der Waals surface area contributed by atoms with E-state index in [1.165, 1.54) is 12.4 Å². The highest BCUT2D eigenvalue weighted by molar-refractivity contribution is 5.84. The van der Waals surface area contributed by atoms with Crippen LogP contribution in [0.15, 0.2) is 53.8 Å². The largest absolute Gasteiger partial charge is 0.464 e. The van der Waals surface area contributed by atoms with Crippen LogP contribution in [0.2, 0.25) is 0 Å². The molecule has 7 heteroatoms. The van der Waals surface area contributed by atoms with Gasteiger partial charge in [-0.2, -0.15) is 13.2 Å². The van der Waals surface area contributed by atoms with Crippen molar-refractivity contribution >= 4 is 11.7 Å². The van der Waals surface area contributed by atoms with Gasteiger partial charge in [-0.15, -0.1) is 0 Å². The number of rotatable bonds is 1. The summed E-state index contributed by atoms with van der Waals surface area (Å²) in [6.45, 7) is 0. The predicted octanol–water partition coefficient (Wildman–Crippen LogP) is 3.86. The molecule has 2 aromatic heterocycles. The smallest absolute Gasteiger partial charge is 0.450 e. The van der Waals surface area contributed by atoms with Crippen LogP contribution in [0.25, 0.3) is 5.52 Å². The van der Waals surface area contributed by atoms with Crippen LogP contribution in [0.4, 0.5) is 13.2 Å². The molecule has 0 saturated carbocycles. The first-order valence-electron chi connectivity index (χ1n) is 6.85. The van der Waals surface area contributed by atoms with Crippen LogP contribution in [-0.2, 0) is 6.18 Å². The summed E-state index contributed by atoms with van der Waals surface area (Å²) in [7, 11) is 0. The number of halogens is 3. The molecule has 1 unspecified atom stereocenters. The fourth-order valence-corrected chi connectivity index (χ4v) is 2.51. The standard InChI is InChI=1S/C16H10F3N3O/c17-16(18,19)15-21-8-12-6-5-11(9-22(12)15)14-20-7-10-3-1-2-4-13(10)23-14/h1-9,14H. The minimum Gasteiger partial charge on any atom is -0.464 e. The Hall–Kier alpha value is -2.83. The van der Waals surface area contributed by atoms with Gasteiger partial charge < -0.3 is 4.74 Å². The van der Waals surface area contributed by atoms with Gasteiger partial charge in [-0.1, -0.05) is 12.1 Å². The molecule has 116 valence electrons. The summed E-state index contributed by atoms with van der Waals surface area (Å²) in [4.78, 5) is 7.71. The van der Waals surface area contributed by atoms with E-state index in [9.17, 15) is 13.2 Å². The monoisotopic (exact) mass is 317 g/mol. The van der Waals surface area contributed by atoms with Gasteiger partial charge in [0.25, 0.3) is 0 Å². The van der Waals surface area contributed by atoms with Gasteiger partial charge in [0.2, 0.25) is 12.1 Å². The Morgan fingerprint density at radius 2 is 1.91 bits per heavy atom. The van der Waals surface area contributed by atoms with Gasteiger partial charge in [0.15, 0.2) is 0 Å². The molecule has 4 rings (SSSR count). The first-order chi connectivity index (χ1) is 11.0. The second-order valence-electron chi connectivity index (χ2n) is 5.12. The summed E-state index contributed by atoms with van der Waals surface area (Å²) in [6, 6.07) is 10.6. The zero-order chi connectivity index (χ0) is 16.0. The number of aromatic nitrogens is 2. The van der Waals surface area contributed by atoms with Crippen LogP contribution < -0.4 is 4.74 Å². The topological polar surface area (TPSA) is 38.9 Å². The fraction of sp³-hybridized carbons (Fsp3) is 0.125. The van der Waals surface area contributed by atoms with Crippen LogP contribution in [0.3, 0.4) is 0 Å². The average Bonchev–Trinajstić information content (AvgIpc) is 2.97. The Morgan fingerprint density at radius 3 is 2.74 bits per heavy atom. The second-order valence-corrected chi connectivity index (χ2v) is 5.12. The van der Waals surface area contributed by atoms with Gasteiger partial charge in [-0.05, 0) is 24.3 Å². The maximum Gasteiger partial charge on any atom is 0.450 e. The van der Waals surface area contributed by atoms with E-state index < -0.39 is 18.2 Å². The van der Waals surface area contributed by atoms with Gasteiger partial charge in [-0.3, -0.25) is 4.40 Å². The SMILES string of the molecule is FC(F)(F)c1ncc2ccc(C3N=Cc4ccccc4O3)cn12. The number of pyridine rings is 1. The van der Waals surface area contributed by atoms with Crippen LogP contribution in [-0.4, -0.2) is 15.6 Å². The number of hydrogen-bond donors (Lipinski definition) is 0. The van der Waals surface area contributed by atoms with Gasteiger partial charge >= 0.3 is 6.18 Å². The Labute approximate surface area is 128 Å². The van der Waals surface area contributed by atoms with E-state index in [0.717, 1.165) is 9.96 Å². The van der Waals surface area contributed by atoms with Crippen molar-refractivity contribution in [3.05, 3.63) is 65.7 Å². The number of hydrogen-bond acceptors (Lipinski definition) is 3. The lowest BCUT2D eigenvalue weighted by molar-refractivity contribution is -0.145. The maximum absolute atomic E-state index is 13.0. The maximum atomic E-state index is 13.0. The molecular formula is C16H10F3N3O. The van der Waals surface area contributed by atoms with E-state index in [-0.39, 0.29) is 0 Å². The van der Waals surface area contributed by atoms with Gasteiger partial charge in [0, 0.05) is 23.5 Å². The molecule has 1 aliphatic heterocycles. The van der Waals surface area contributed by atoms with Crippen molar-refractivity contribution in [2.75, 3.05) is 0 Å². The normalized spacial score (nSPS) is 17.1. The lowest BCUT2D eigenvalue weighted by Gasteiger charge is -2.21. The Morgan fingerprint density at radius 1 is 1.09 bits per heavy atom. The number of fused-ring (bicyclic) bond motifs is 2. The van der Waals surface area contributed by atoms with Gasteiger partial charge in [-0.25, -0.2) is 9.98 Å². The number of para-hydroxylation sites is 1. The predicted molar refractivity (Wildman–Crippen MR) is 77.6 cm³/mol. The Bertz CT molecular complexity index is 914.